The summed E-state index contributed by atoms with van der Waals surface area (Å²) in [7, 11) is 0. The second kappa shape index (κ2) is 9.22. The molecular formula is C27H24INO3. The van der Waals surface area contributed by atoms with Crippen LogP contribution in [0.2, 0.25) is 0 Å². The summed E-state index contributed by atoms with van der Waals surface area (Å²) in [6, 6.07) is 21.4. The molecule has 1 fully saturated rings. The molecule has 1 saturated heterocycles. The van der Waals surface area contributed by atoms with Crippen molar-refractivity contribution in [1.82, 2.24) is 0 Å². The Balaban J connectivity index is 1.56. The summed E-state index contributed by atoms with van der Waals surface area (Å²) < 4.78 is 18.9. The third kappa shape index (κ3) is 4.15. The molecule has 5 heteroatoms. The van der Waals surface area contributed by atoms with E-state index < -0.39 is 6.29 Å². The van der Waals surface area contributed by atoms with Gasteiger partial charge in [0, 0.05) is 18.4 Å². The van der Waals surface area contributed by atoms with Gasteiger partial charge in [0.25, 0.3) is 0 Å². The zero-order valence-corrected chi connectivity index (χ0v) is 20.1. The minimum Gasteiger partial charge on any atom is -0.464 e. The van der Waals surface area contributed by atoms with Gasteiger partial charge in [-0.2, -0.15) is 5.26 Å². The summed E-state index contributed by atoms with van der Waals surface area (Å²) in [6.07, 6.45) is 3.13. The molecule has 0 amide bonds. The number of benzene rings is 4. The van der Waals surface area contributed by atoms with Crippen LogP contribution in [0.3, 0.4) is 0 Å². The van der Waals surface area contributed by atoms with Crippen LogP contribution >= 0.6 is 22.6 Å². The lowest BCUT2D eigenvalue weighted by Gasteiger charge is -2.28. The van der Waals surface area contributed by atoms with Crippen molar-refractivity contribution in [2.24, 2.45) is 0 Å². The van der Waals surface area contributed by atoms with Crippen LogP contribution in [0.1, 0.15) is 38.2 Å². The average Bonchev–Trinajstić information content (AvgIpc) is 2.82. The molecule has 2 unspecified atom stereocenters. The van der Waals surface area contributed by atoms with Gasteiger partial charge >= 0.3 is 0 Å². The van der Waals surface area contributed by atoms with E-state index in [9.17, 15) is 5.26 Å². The highest BCUT2D eigenvalue weighted by Gasteiger charge is 2.22. The summed E-state index contributed by atoms with van der Waals surface area (Å²) >= 11 is 2.21. The van der Waals surface area contributed by atoms with Crippen LogP contribution in [-0.2, 0) is 9.47 Å². The fourth-order valence-corrected chi connectivity index (χ4v) is 5.02. The van der Waals surface area contributed by atoms with Crippen LogP contribution in [0.25, 0.3) is 32.3 Å². The van der Waals surface area contributed by atoms with E-state index in [0.717, 1.165) is 51.0 Å². The van der Waals surface area contributed by atoms with Crippen molar-refractivity contribution in [2.75, 3.05) is 6.61 Å². The fraction of sp³-hybridized carbons (Fsp3) is 0.296. The van der Waals surface area contributed by atoms with Gasteiger partial charge in [-0.1, -0.05) is 31.2 Å². The number of ether oxygens (including phenoxy) is 3. The molecule has 0 N–H and O–H groups in total. The molecule has 0 saturated carbocycles. The van der Waals surface area contributed by atoms with Crippen molar-refractivity contribution in [2.45, 2.75) is 45.2 Å². The van der Waals surface area contributed by atoms with Crippen LogP contribution in [0, 0.1) is 14.9 Å². The zero-order valence-electron chi connectivity index (χ0n) is 17.9. The van der Waals surface area contributed by atoms with Crippen molar-refractivity contribution >= 4 is 54.9 Å². The van der Waals surface area contributed by atoms with Gasteiger partial charge in [-0.3, -0.25) is 0 Å². The van der Waals surface area contributed by atoms with Gasteiger partial charge in [0.05, 0.1) is 9.13 Å². The lowest BCUT2D eigenvalue weighted by atomic mass is 9.97. The van der Waals surface area contributed by atoms with Crippen LogP contribution in [0.4, 0.5) is 0 Å². The maximum atomic E-state index is 9.98. The topological polar surface area (TPSA) is 51.5 Å². The monoisotopic (exact) mass is 537 g/mol. The quantitative estimate of drug-likeness (QED) is 0.153. The molecule has 0 aliphatic carbocycles. The summed E-state index contributed by atoms with van der Waals surface area (Å²) in [4.78, 5) is 0. The molecule has 4 nitrogen and oxygen atoms in total. The highest BCUT2D eigenvalue weighted by atomic mass is 127. The number of nitriles is 1. The Bertz CT molecular complexity index is 1340. The Morgan fingerprint density at radius 3 is 2.41 bits per heavy atom. The van der Waals surface area contributed by atoms with Gasteiger partial charge in [0.2, 0.25) is 6.29 Å². The fourth-order valence-electron chi connectivity index (χ4n) is 4.32. The standard InChI is InChI=1S/C27H24INO3/c1-2-25(32-26-9-5-6-10-30-26)31-24-15-21-13-19-11-17-7-3-4-8-18(17)12-20(19)14-22(21)23(16-29)27(24)28/h3-4,7-8,11-15,25-26H,2,5-6,9-10H2,1H3. The number of halogens is 1. The maximum absolute atomic E-state index is 9.98. The molecule has 2 atom stereocenters. The average molecular weight is 537 g/mol. The van der Waals surface area contributed by atoms with E-state index in [1.54, 1.807) is 0 Å². The second-order valence-corrected chi connectivity index (χ2v) is 9.26. The Morgan fingerprint density at radius 2 is 1.75 bits per heavy atom. The molecule has 0 radical (unpaired) electrons. The summed E-state index contributed by atoms with van der Waals surface area (Å²) in [5.41, 5.74) is 0.636. The van der Waals surface area contributed by atoms with E-state index in [1.807, 2.05) is 19.1 Å². The molecule has 1 aliphatic heterocycles. The molecule has 0 aromatic heterocycles. The number of fused-ring (bicyclic) bond motifs is 3. The van der Waals surface area contributed by atoms with Crippen LogP contribution < -0.4 is 4.74 Å². The summed E-state index contributed by atoms with van der Waals surface area (Å²) in [6.45, 7) is 2.76. The van der Waals surface area contributed by atoms with Crippen molar-refractivity contribution in [3.05, 3.63) is 63.7 Å². The van der Waals surface area contributed by atoms with Crippen molar-refractivity contribution in [3.63, 3.8) is 0 Å². The first-order chi connectivity index (χ1) is 15.7. The highest BCUT2D eigenvalue weighted by molar-refractivity contribution is 14.1. The molecule has 4 aromatic rings. The second-order valence-electron chi connectivity index (χ2n) is 8.18. The largest absolute Gasteiger partial charge is 0.464 e. The number of hydrogen-bond acceptors (Lipinski definition) is 4. The lowest BCUT2D eigenvalue weighted by Crippen LogP contribution is -2.31. The molecular weight excluding hydrogens is 513 g/mol. The van der Waals surface area contributed by atoms with Gasteiger partial charge < -0.3 is 14.2 Å². The third-order valence-electron chi connectivity index (χ3n) is 6.01. The third-order valence-corrected chi connectivity index (χ3v) is 7.08. The van der Waals surface area contributed by atoms with Crippen LogP contribution in [0.5, 0.6) is 5.75 Å². The molecule has 1 aliphatic rings. The normalized spacial score (nSPS) is 17.5. The Morgan fingerprint density at radius 1 is 1.03 bits per heavy atom. The van der Waals surface area contributed by atoms with Gasteiger partial charge in [-0.05, 0) is 99.1 Å². The predicted molar refractivity (Wildman–Crippen MR) is 136 cm³/mol. The highest BCUT2D eigenvalue weighted by Crippen LogP contribution is 2.36. The SMILES string of the molecule is CCC(Oc1cc2cc3cc4ccccc4cc3cc2c(C#N)c1I)OC1CCCCO1. The zero-order chi connectivity index (χ0) is 22.1. The molecule has 0 bridgehead atoms. The molecule has 4 aromatic carbocycles. The smallest absolute Gasteiger partial charge is 0.202 e. The maximum Gasteiger partial charge on any atom is 0.202 e. The van der Waals surface area contributed by atoms with Crippen LogP contribution in [0.15, 0.2) is 54.6 Å². The van der Waals surface area contributed by atoms with Crippen molar-refractivity contribution < 1.29 is 14.2 Å². The van der Waals surface area contributed by atoms with E-state index in [0.29, 0.717) is 17.7 Å². The molecule has 162 valence electrons. The number of hydrogen-bond donors (Lipinski definition) is 0. The van der Waals surface area contributed by atoms with Gasteiger partial charge in [-0.25, -0.2) is 0 Å². The Kier molecular flexibility index (Phi) is 6.18. The van der Waals surface area contributed by atoms with Gasteiger partial charge in [0.1, 0.15) is 11.8 Å². The molecule has 0 spiro atoms. The molecule has 32 heavy (non-hydrogen) atoms. The molecule has 1 heterocycles. The van der Waals surface area contributed by atoms with E-state index in [-0.39, 0.29) is 6.29 Å². The predicted octanol–water partition coefficient (Wildman–Crippen LogP) is 7.28. The number of rotatable bonds is 5. The first kappa shape index (κ1) is 21.4. The minimum atomic E-state index is -0.417. The molecule has 5 rings (SSSR count). The van der Waals surface area contributed by atoms with Crippen molar-refractivity contribution in [3.8, 4) is 11.8 Å². The van der Waals surface area contributed by atoms with E-state index in [2.05, 4.69) is 71.1 Å². The lowest BCUT2D eigenvalue weighted by molar-refractivity contribution is -0.231. The van der Waals surface area contributed by atoms with Crippen molar-refractivity contribution in [1.29, 1.82) is 5.26 Å². The first-order valence-corrected chi connectivity index (χ1v) is 12.2. The van der Waals surface area contributed by atoms with E-state index in [1.165, 1.54) is 10.8 Å². The minimum absolute atomic E-state index is 0.223. The Labute approximate surface area is 201 Å². The first-order valence-electron chi connectivity index (χ1n) is 11.1. The van der Waals surface area contributed by atoms with Gasteiger partial charge in [-0.15, -0.1) is 0 Å². The Hall–Kier alpha value is -2.40. The number of nitrogens with zero attached hydrogens (tertiary/aromatic N) is 1. The van der Waals surface area contributed by atoms with E-state index >= 15 is 0 Å². The summed E-state index contributed by atoms with van der Waals surface area (Å²) in [5, 5.41) is 16.6. The van der Waals surface area contributed by atoms with Gasteiger partial charge in [0.15, 0.2) is 6.29 Å². The summed E-state index contributed by atoms with van der Waals surface area (Å²) in [5.74, 6) is 0.678. The van der Waals surface area contributed by atoms with E-state index in [4.69, 9.17) is 14.2 Å². The van der Waals surface area contributed by atoms with Crippen LogP contribution in [-0.4, -0.2) is 19.2 Å².